The summed E-state index contributed by atoms with van der Waals surface area (Å²) in [5, 5.41) is 9.65. The number of benzene rings is 1. The van der Waals surface area contributed by atoms with E-state index in [1.807, 2.05) is 0 Å². The first-order valence-electron chi connectivity index (χ1n) is 3.71. The summed E-state index contributed by atoms with van der Waals surface area (Å²) in [7, 11) is 2.99. The summed E-state index contributed by atoms with van der Waals surface area (Å²) in [5.41, 5.74) is 0.655. The van der Waals surface area contributed by atoms with Gasteiger partial charge in [-0.2, -0.15) is 0 Å². The van der Waals surface area contributed by atoms with E-state index in [1.54, 1.807) is 13.0 Å². The highest BCUT2D eigenvalue weighted by atomic mass is 35.5. The Kier molecular flexibility index (Phi) is 2.88. The molecule has 1 aromatic carbocycles. The largest absolute Gasteiger partial charge is 0.506 e. The summed E-state index contributed by atoms with van der Waals surface area (Å²) in [6.07, 6.45) is 0. The standard InChI is InChI=1S/C9H11ClO3/c1-5-4-6(12-2)9(13-3)7(10)8(5)11/h4,11H,1-3H3. The molecule has 4 heteroatoms. The molecular formula is C9H11ClO3. The lowest BCUT2D eigenvalue weighted by Gasteiger charge is -2.11. The van der Waals surface area contributed by atoms with Gasteiger partial charge in [0.1, 0.15) is 10.8 Å². The summed E-state index contributed by atoms with van der Waals surface area (Å²) in [6, 6.07) is 1.67. The van der Waals surface area contributed by atoms with Crippen LogP contribution in [-0.2, 0) is 0 Å². The molecule has 13 heavy (non-hydrogen) atoms. The van der Waals surface area contributed by atoms with Crippen LogP contribution in [-0.4, -0.2) is 19.3 Å². The molecule has 0 atom stereocenters. The molecule has 1 aromatic rings. The second kappa shape index (κ2) is 3.75. The Morgan fingerprint density at radius 3 is 2.38 bits per heavy atom. The smallest absolute Gasteiger partial charge is 0.183 e. The average Bonchev–Trinajstić information content (AvgIpc) is 2.13. The van der Waals surface area contributed by atoms with Gasteiger partial charge >= 0.3 is 0 Å². The van der Waals surface area contributed by atoms with E-state index in [4.69, 9.17) is 21.1 Å². The van der Waals surface area contributed by atoms with Crippen LogP contribution in [0.5, 0.6) is 17.2 Å². The Bertz CT molecular complexity index is 323. The third-order valence-electron chi connectivity index (χ3n) is 1.78. The Morgan fingerprint density at radius 1 is 1.31 bits per heavy atom. The fourth-order valence-electron chi connectivity index (χ4n) is 1.06. The number of rotatable bonds is 2. The molecule has 0 aliphatic carbocycles. The molecule has 0 saturated carbocycles. The predicted molar refractivity (Wildman–Crippen MR) is 51.0 cm³/mol. The topological polar surface area (TPSA) is 38.7 Å². The van der Waals surface area contributed by atoms with Gasteiger partial charge in [0.05, 0.1) is 14.2 Å². The zero-order valence-corrected chi connectivity index (χ0v) is 8.47. The zero-order valence-electron chi connectivity index (χ0n) is 7.72. The van der Waals surface area contributed by atoms with Gasteiger partial charge in [-0.3, -0.25) is 0 Å². The van der Waals surface area contributed by atoms with Gasteiger partial charge < -0.3 is 14.6 Å². The van der Waals surface area contributed by atoms with Crippen molar-refractivity contribution in [2.75, 3.05) is 14.2 Å². The van der Waals surface area contributed by atoms with Crippen molar-refractivity contribution in [3.63, 3.8) is 0 Å². The second-order valence-corrected chi connectivity index (χ2v) is 2.97. The molecule has 3 nitrogen and oxygen atoms in total. The number of hydrogen-bond acceptors (Lipinski definition) is 3. The number of hydrogen-bond donors (Lipinski definition) is 1. The lowest BCUT2D eigenvalue weighted by molar-refractivity contribution is 0.351. The molecule has 0 heterocycles. The maximum atomic E-state index is 9.47. The first kappa shape index (κ1) is 9.99. The summed E-state index contributed by atoms with van der Waals surface area (Å²) >= 11 is 5.83. The summed E-state index contributed by atoms with van der Waals surface area (Å²) in [5.74, 6) is 0.898. The molecule has 0 unspecified atom stereocenters. The van der Waals surface area contributed by atoms with Crippen LogP contribution in [0.1, 0.15) is 5.56 Å². The molecule has 72 valence electrons. The molecule has 0 spiro atoms. The van der Waals surface area contributed by atoms with Crippen LogP contribution in [0.25, 0.3) is 0 Å². The van der Waals surface area contributed by atoms with Gasteiger partial charge in [-0.1, -0.05) is 11.6 Å². The number of phenolic OH excluding ortho intramolecular Hbond substituents is 1. The highest BCUT2D eigenvalue weighted by molar-refractivity contribution is 6.33. The van der Waals surface area contributed by atoms with Gasteiger partial charge in [-0.15, -0.1) is 0 Å². The molecule has 0 aliphatic heterocycles. The number of halogens is 1. The molecule has 1 N–H and O–H groups in total. The fraction of sp³-hybridized carbons (Fsp3) is 0.333. The molecular weight excluding hydrogens is 192 g/mol. The minimum absolute atomic E-state index is 0.0271. The van der Waals surface area contributed by atoms with Crippen molar-refractivity contribution in [1.29, 1.82) is 0 Å². The Labute approximate surface area is 81.9 Å². The second-order valence-electron chi connectivity index (χ2n) is 2.59. The molecule has 0 bridgehead atoms. The molecule has 0 saturated heterocycles. The SMILES string of the molecule is COc1cc(C)c(O)c(Cl)c1OC. The van der Waals surface area contributed by atoms with Crippen molar-refractivity contribution >= 4 is 11.6 Å². The molecule has 0 aromatic heterocycles. The minimum atomic E-state index is 0.0271. The lowest BCUT2D eigenvalue weighted by Crippen LogP contribution is -1.92. The van der Waals surface area contributed by atoms with Crippen LogP contribution in [0.2, 0.25) is 5.02 Å². The molecule has 0 aliphatic rings. The van der Waals surface area contributed by atoms with Crippen molar-refractivity contribution in [3.8, 4) is 17.2 Å². The van der Waals surface area contributed by atoms with E-state index in [0.717, 1.165) is 0 Å². The van der Waals surface area contributed by atoms with Crippen molar-refractivity contribution < 1.29 is 14.6 Å². The van der Waals surface area contributed by atoms with Crippen LogP contribution in [0.3, 0.4) is 0 Å². The van der Waals surface area contributed by atoms with E-state index in [0.29, 0.717) is 17.1 Å². The summed E-state index contributed by atoms with van der Waals surface area (Å²) in [4.78, 5) is 0. The van der Waals surface area contributed by atoms with E-state index in [-0.39, 0.29) is 10.8 Å². The third-order valence-corrected chi connectivity index (χ3v) is 2.13. The van der Waals surface area contributed by atoms with Gasteiger partial charge in [0.2, 0.25) is 0 Å². The lowest BCUT2D eigenvalue weighted by atomic mass is 10.2. The molecule has 0 fully saturated rings. The Balaban J connectivity index is 3.39. The quantitative estimate of drug-likeness (QED) is 0.800. The van der Waals surface area contributed by atoms with Gasteiger partial charge in [0.25, 0.3) is 0 Å². The number of aromatic hydroxyl groups is 1. The highest BCUT2D eigenvalue weighted by Gasteiger charge is 2.14. The first-order valence-corrected chi connectivity index (χ1v) is 4.09. The van der Waals surface area contributed by atoms with Crippen LogP contribution in [0, 0.1) is 6.92 Å². The van der Waals surface area contributed by atoms with Gasteiger partial charge in [-0.25, -0.2) is 0 Å². The van der Waals surface area contributed by atoms with Crippen molar-refractivity contribution in [3.05, 3.63) is 16.7 Å². The minimum Gasteiger partial charge on any atom is -0.506 e. The fourth-order valence-corrected chi connectivity index (χ4v) is 1.38. The monoisotopic (exact) mass is 202 g/mol. The van der Waals surface area contributed by atoms with E-state index in [2.05, 4.69) is 0 Å². The van der Waals surface area contributed by atoms with E-state index < -0.39 is 0 Å². The third kappa shape index (κ3) is 1.65. The predicted octanol–water partition coefficient (Wildman–Crippen LogP) is 2.37. The van der Waals surface area contributed by atoms with Crippen LogP contribution >= 0.6 is 11.6 Å². The molecule has 1 rings (SSSR count). The van der Waals surface area contributed by atoms with Crippen LogP contribution in [0.4, 0.5) is 0 Å². The molecule has 0 amide bonds. The Morgan fingerprint density at radius 2 is 1.92 bits per heavy atom. The zero-order chi connectivity index (χ0) is 10.0. The van der Waals surface area contributed by atoms with Gasteiger partial charge in [0, 0.05) is 0 Å². The highest BCUT2D eigenvalue weighted by Crippen LogP contribution is 2.42. The van der Waals surface area contributed by atoms with Crippen molar-refractivity contribution in [2.45, 2.75) is 6.92 Å². The van der Waals surface area contributed by atoms with Crippen LogP contribution < -0.4 is 9.47 Å². The number of methoxy groups -OCH3 is 2. The van der Waals surface area contributed by atoms with Gasteiger partial charge in [0.15, 0.2) is 11.5 Å². The normalized spacial score (nSPS) is 9.85. The van der Waals surface area contributed by atoms with Gasteiger partial charge in [-0.05, 0) is 18.6 Å². The van der Waals surface area contributed by atoms with Crippen LogP contribution in [0.15, 0.2) is 6.07 Å². The number of ether oxygens (including phenoxy) is 2. The summed E-state index contributed by atoms with van der Waals surface area (Å²) in [6.45, 7) is 1.74. The van der Waals surface area contributed by atoms with E-state index in [9.17, 15) is 5.11 Å². The maximum Gasteiger partial charge on any atom is 0.183 e. The Hall–Kier alpha value is -1.09. The molecule has 0 radical (unpaired) electrons. The summed E-state index contributed by atoms with van der Waals surface area (Å²) < 4.78 is 10.0. The maximum absolute atomic E-state index is 9.47. The average molecular weight is 203 g/mol. The van der Waals surface area contributed by atoms with E-state index >= 15 is 0 Å². The number of phenols is 1. The van der Waals surface area contributed by atoms with E-state index in [1.165, 1.54) is 14.2 Å². The first-order chi connectivity index (χ1) is 6.11. The number of aryl methyl sites for hydroxylation is 1. The van der Waals surface area contributed by atoms with Crippen molar-refractivity contribution in [1.82, 2.24) is 0 Å². The van der Waals surface area contributed by atoms with Crippen molar-refractivity contribution in [2.24, 2.45) is 0 Å².